The molecule has 0 aliphatic rings. The molecule has 34 heavy (non-hydrogen) atoms. The Morgan fingerprint density at radius 3 is 2.29 bits per heavy atom. The van der Waals surface area contributed by atoms with E-state index in [2.05, 4.69) is 19.8 Å². The number of pyridine rings is 1. The molecule has 0 spiro atoms. The van der Waals surface area contributed by atoms with Crippen LogP contribution in [0.25, 0.3) is 0 Å². The van der Waals surface area contributed by atoms with Crippen molar-refractivity contribution in [2.24, 2.45) is 0 Å². The fourth-order valence-corrected chi connectivity index (χ4v) is 3.86. The molecule has 0 unspecified atom stereocenters. The van der Waals surface area contributed by atoms with E-state index in [9.17, 15) is 26.4 Å². The number of aromatic nitrogens is 1. The number of carbonyl (C=O) groups is 1. The van der Waals surface area contributed by atoms with Crippen LogP contribution in [0.15, 0.2) is 65.7 Å². The molecule has 0 radical (unpaired) electrons. The average Bonchev–Trinajstić information content (AvgIpc) is 2.78. The van der Waals surface area contributed by atoms with Gasteiger partial charge >= 0.3 is 6.18 Å². The number of benzene rings is 2. The first kappa shape index (κ1) is 24.8. The van der Waals surface area contributed by atoms with E-state index in [-0.39, 0.29) is 22.0 Å². The Morgan fingerprint density at radius 1 is 1.03 bits per heavy atom. The Morgan fingerprint density at radius 2 is 1.71 bits per heavy atom. The molecule has 12 heteroatoms. The number of hydrogen-bond donors (Lipinski definition) is 2. The van der Waals surface area contributed by atoms with Crippen LogP contribution in [0.5, 0.6) is 11.6 Å². The van der Waals surface area contributed by atoms with E-state index in [1.165, 1.54) is 49.6 Å². The van der Waals surface area contributed by atoms with Crippen LogP contribution in [0.1, 0.15) is 15.9 Å². The van der Waals surface area contributed by atoms with Gasteiger partial charge in [0.15, 0.2) is 6.61 Å². The Labute approximate surface area is 193 Å². The van der Waals surface area contributed by atoms with Gasteiger partial charge in [0.1, 0.15) is 5.75 Å². The minimum atomic E-state index is -4.50. The third kappa shape index (κ3) is 6.61. The zero-order chi connectivity index (χ0) is 24.9. The quantitative estimate of drug-likeness (QED) is 0.480. The van der Waals surface area contributed by atoms with Gasteiger partial charge in [0.2, 0.25) is 5.88 Å². The Balaban J connectivity index is 1.74. The highest BCUT2D eigenvalue weighted by molar-refractivity contribution is 7.92. The second-order valence-corrected chi connectivity index (χ2v) is 8.74. The predicted molar refractivity (Wildman–Crippen MR) is 119 cm³/mol. The van der Waals surface area contributed by atoms with Crippen molar-refractivity contribution >= 4 is 27.3 Å². The van der Waals surface area contributed by atoms with Crippen molar-refractivity contribution in [3.63, 3.8) is 0 Å². The topological polar surface area (TPSA) is 107 Å². The normalized spacial score (nSPS) is 11.6. The number of halogens is 3. The van der Waals surface area contributed by atoms with Gasteiger partial charge in [-0.2, -0.15) is 13.2 Å². The fourth-order valence-electron chi connectivity index (χ4n) is 2.78. The van der Waals surface area contributed by atoms with Crippen LogP contribution < -0.4 is 19.5 Å². The van der Waals surface area contributed by atoms with E-state index >= 15 is 0 Å². The summed E-state index contributed by atoms with van der Waals surface area (Å²) < 4.78 is 74.3. The number of sulfonamides is 1. The first-order chi connectivity index (χ1) is 16.0. The molecule has 0 atom stereocenters. The predicted octanol–water partition coefficient (Wildman–Crippen LogP) is 4.39. The van der Waals surface area contributed by atoms with Crippen molar-refractivity contribution in [3.8, 4) is 11.6 Å². The van der Waals surface area contributed by atoms with Crippen molar-refractivity contribution in [1.29, 1.82) is 0 Å². The molecule has 3 aromatic rings. The highest BCUT2D eigenvalue weighted by atomic mass is 32.2. The minimum Gasteiger partial charge on any atom is -0.497 e. The number of carbonyl (C=O) groups excluding carboxylic acids is 1. The van der Waals surface area contributed by atoms with Gasteiger partial charge in [-0.15, -0.1) is 0 Å². The zero-order valence-electron chi connectivity index (χ0n) is 18.0. The first-order valence-corrected chi connectivity index (χ1v) is 11.2. The molecule has 3 rings (SSSR count). The van der Waals surface area contributed by atoms with E-state index in [1.54, 1.807) is 19.1 Å². The molecule has 0 fully saturated rings. The molecular weight excluding hydrogens is 475 g/mol. The van der Waals surface area contributed by atoms with E-state index in [1.807, 2.05) is 0 Å². The first-order valence-electron chi connectivity index (χ1n) is 9.71. The zero-order valence-corrected chi connectivity index (χ0v) is 18.8. The van der Waals surface area contributed by atoms with Crippen molar-refractivity contribution < 1.29 is 35.9 Å². The number of hydrogen-bond acceptors (Lipinski definition) is 6. The summed E-state index contributed by atoms with van der Waals surface area (Å²) in [6.07, 6.45) is -3.37. The molecule has 0 aliphatic carbocycles. The lowest BCUT2D eigenvalue weighted by Gasteiger charge is -2.12. The van der Waals surface area contributed by atoms with Gasteiger partial charge in [-0.1, -0.05) is 6.07 Å². The van der Waals surface area contributed by atoms with Gasteiger partial charge in [0.25, 0.3) is 15.9 Å². The molecule has 0 aliphatic heterocycles. The SMILES string of the molecule is COc1ccc(NS(=O)(=O)c2ccc(C)c(C(=O)Nc3ccc(OCC(F)(F)F)nc3)c2)cc1. The number of alkyl halides is 3. The van der Waals surface area contributed by atoms with E-state index in [4.69, 9.17) is 4.74 Å². The number of nitrogens with one attached hydrogen (secondary N) is 2. The molecule has 0 saturated heterocycles. The van der Waals surface area contributed by atoms with Crippen LogP contribution in [0.2, 0.25) is 0 Å². The summed E-state index contributed by atoms with van der Waals surface area (Å²) in [5.41, 5.74) is 1.11. The highest BCUT2D eigenvalue weighted by Gasteiger charge is 2.28. The van der Waals surface area contributed by atoms with Crippen LogP contribution in [-0.4, -0.2) is 39.2 Å². The molecule has 1 aromatic heterocycles. The summed E-state index contributed by atoms with van der Waals surface area (Å²) >= 11 is 0. The second kappa shape index (κ2) is 10.00. The average molecular weight is 495 g/mol. The molecular formula is C22H20F3N3O5S. The van der Waals surface area contributed by atoms with Crippen molar-refractivity contribution in [2.75, 3.05) is 23.8 Å². The summed E-state index contributed by atoms with van der Waals surface area (Å²) in [5.74, 6) is -0.319. The summed E-state index contributed by atoms with van der Waals surface area (Å²) in [6.45, 7) is 0.144. The molecule has 8 nitrogen and oxygen atoms in total. The minimum absolute atomic E-state index is 0.0926. The maximum atomic E-state index is 12.8. The van der Waals surface area contributed by atoms with Crippen LogP contribution >= 0.6 is 0 Å². The van der Waals surface area contributed by atoms with Crippen LogP contribution in [0, 0.1) is 6.92 Å². The molecule has 1 heterocycles. The van der Waals surface area contributed by atoms with Gasteiger partial charge < -0.3 is 14.8 Å². The maximum Gasteiger partial charge on any atom is 0.422 e. The van der Waals surface area contributed by atoms with Gasteiger partial charge in [-0.25, -0.2) is 13.4 Å². The Bertz CT molecular complexity index is 1260. The summed E-state index contributed by atoms with van der Waals surface area (Å²) in [4.78, 5) is 16.3. The molecule has 2 aromatic carbocycles. The Hall–Kier alpha value is -3.80. The number of rotatable bonds is 8. The van der Waals surface area contributed by atoms with Crippen molar-refractivity contribution in [2.45, 2.75) is 18.0 Å². The Kier molecular flexibility index (Phi) is 7.30. The third-order valence-corrected chi connectivity index (χ3v) is 5.86. The van der Waals surface area contributed by atoms with Gasteiger partial charge in [-0.05, 0) is 55.0 Å². The number of ether oxygens (including phenoxy) is 2. The molecule has 180 valence electrons. The third-order valence-electron chi connectivity index (χ3n) is 4.48. The lowest BCUT2D eigenvalue weighted by molar-refractivity contribution is -0.154. The molecule has 0 saturated carbocycles. The van der Waals surface area contributed by atoms with E-state index in [0.29, 0.717) is 17.0 Å². The number of nitrogens with zero attached hydrogens (tertiary/aromatic N) is 1. The number of anilines is 2. The lowest BCUT2D eigenvalue weighted by Crippen LogP contribution is -2.19. The summed E-state index contributed by atoms with van der Waals surface area (Å²) in [7, 11) is -2.50. The molecule has 0 bridgehead atoms. The second-order valence-electron chi connectivity index (χ2n) is 7.05. The molecule has 2 N–H and O–H groups in total. The van der Waals surface area contributed by atoms with E-state index < -0.39 is 28.7 Å². The smallest absolute Gasteiger partial charge is 0.422 e. The maximum absolute atomic E-state index is 12.8. The summed E-state index contributed by atoms with van der Waals surface area (Å²) in [5, 5.41) is 2.53. The van der Waals surface area contributed by atoms with Crippen LogP contribution in [0.3, 0.4) is 0 Å². The number of aryl methyl sites for hydroxylation is 1. The van der Waals surface area contributed by atoms with Crippen molar-refractivity contribution in [1.82, 2.24) is 4.98 Å². The largest absolute Gasteiger partial charge is 0.497 e. The fraction of sp³-hybridized carbons (Fsp3) is 0.182. The standard InChI is InChI=1S/C22H20F3N3O5S/c1-14-3-9-18(34(30,31)28-15-4-7-17(32-2)8-5-15)11-19(14)21(29)27-16-6-10-20(26-12-16)33-13-22(23,24)25/h3-12,28H,13H2,1-2H3,(H,27,29). The van der Waals surface area contributed by atoms with Gasteiger partial charge in [0, 0.05) is 17.3 Å². The number of methoxy groups -OCH3 is 1. The summed E-state index contributed by atoms with van der Waals surface area (Å²) in [6, 6.07) is 12.8. The van der Waals surface area contributed by atoms with Crippen LogP contribution in [-0.2, 0) is 10.0 Å². The van der Waals surface area contributed by atoms with Gasteiger partial charge in [-0.3, -0.25) is 9.52 Å². The van der Waals surface area contributed by atoms with E-state index in [0.717, 1.165) is 6.20 Å². The van der Waals surface area contributed by atoms with Crippen LogP contribution in [0.4, 0.5) is 24.5 Å². The number of amides is 1. The highest BCUT2D eigenvalue weighted by Crippen LogP contribution is 2.23. The lowest BCUT2D eigenvalue weighted by atomic mass is 10.1. The van der Waals surface area contributed by atoms with Gasteiger partial charge in [0.05, 0.1) is 23.9 Å². The molecule has 1 amide bonds. The monoisotopic (exact) mass is 495 g/mol. The van der Waals surface area contributed by atoms with Crippen molar-refractivity contribution in [3.05, 3.63) is 71.9 Å².